The number of rotatable bonds is 7. The van der Waals surface area contributed by atoms with Crippen LogP contribution >= 0.6 is 0 Å². The van der Waals surface area contributed by atoms with Crippen LogP contribution in [0.2, 0.25) is 0 Å². The van der Waals surface area contributed by atoms with Gasteiger partial charge in [-0.15, -0.1) is 0 Å². The molecule has 0 aliphatic carbocycles. The zero-order valence-electron chi connectivity index (χ0n) is 14.1. The van der Waals surface area contributed by atoms with Gasteiger partial charge in [-0.2, -0.15) is 5.10 Å². The summed E-state index contributed by atoms with van der Waals surface area (Å²) in [5, 5.41) is 11.8. The summed E-state index contributed by atoms with van der Waals surface area (Å²) in [6.07, 6.45) is 3.55. The second-order valence-corrected chi connectivity index (χ2v) is 5.45. The Morgan fingerprint density at radius 3 is 2.71 bits per heavy atom. The number of hydrogen-bond acceptors (Lipinski definition) is 7. The van der Waals surface area contributed by atoms with Crippen LogP contribution in [0.25, 0.3) is 11.0 Å². The Morgan fingerprint density at radius 1 is 1.17 bits per heavy atom. The first-order chi connectivity index (χ1) is 11.7. The van der Waals surface area contributed by atoms with E-state index in [1.807, 2.05) is 26.1 Å². The quantitative estimate of drug-likeness (QED) is 0.639. The Bertz CT molecular complexity index is 830. The van der Waals surface area contributed by atoms with Crippen molar-refractivity contribution in [3.05, 3.63) is 35.9 Å². The number of anilines is 2. The number of aryl methyl sites for hydroxylation is 2. The average Bonchev–Trinajstić information content (AvgIpc) is 2.95. The molecule has 0 saturated carbocycles. The number of aromatic nitrogens is 5. The second-order valence-electron chi connectivity index (χ2n) is 5.45. The normalized spacial score (nSPS) is 11.0. The van der Waals surface area contributed by atoms with Crippen LogP contribution in [0, 0.1) is 6.92 Å². The second kappa shape index (κ2) is 7.22. The predicted molar refractivity (Wildman–Crippen MR) is 93.0 cm³/mol. The van der Waals surface area contributed by atoms with Crippen LogP contribution < -0.4 is 10.6 Å². The van der Waals surface area contributed by atoms with Crippen molar-refractivity contribution in [3.8, 4) is 0 Å². The van der Waals surface area contributed by atoms with Crippen molar-refractivity contribution >= 4 is 22.7 Å². The van der Waals surface area contributed by atoms with Crippen LogP contribution in [0.3, 0.4) is 0 Å². The number of ether oxygens (including phenoxy) is 1. The Morgan fingerprint density at radius 2 is 1.96 bits per heavy atom. The summed E-state index contributed by atoms with van der Waals surface area (Å²) in [4.78, 5) is 13.3. The topological polar surface area (TPSA) is 89.8 Å². The van der Waals surface area contributed by atoms with Gasteiger partial charge in [-0.3, -0.25) is 4.68 Å². The Kier molecular flexibility index (Phi) is 4.85. The molecule has 3 rings (SSSR count). The maximum Gasteiger partial charge on any atom is 0.163 e. The zero-order chi connectivity index (χ0) is 16.9. The van der Waals surface area contributed by atoms with Crippen molar-refractivity contribution in [2.45, 2.75) is 13.5 Å². The maximum atomic E-state index is 5.14. The summed E-state index contributed by atoms with van der Waals surface area (Å²) >= 11 is 0. The molecule has 0 aromatic carbocycles. The zero-order valence-corrected chi connectivity index (χ0v) is 14.1. The van der Waals surface area contributed by atoms with E-state index in [0.29, 0.717) is 19.0 Å². The van der Waals surface area contributed by atoms with E-state index < -0.39 is 0 Å². The van der Waals surface area contributed by atoms with Crippen molar-refractivity contribution in [2.75, 3.05) is 30.8 Å². The first kappa shape index (κ1) is 16.1. The van der Waals surface area contributed by atoms with Gasteiger partial charge in [0.25, 0.3) is 0 Å². The minimum Gasteiger partial charge on any atom is -0.377 e. The Balaban J connectivity index is 1.69. The Labute approximate surface area is 140 Å². The van der Waals surface area contributed by atoms with E-state index in [2.05, 4.69) is 30.7 Å². The van der Waals surface area contributed by atoms with Crippen LogP contribution in [-0.4, -0.2) is 44.9 Å². The summed E-state index contributed by atoms with van der Waals surface area (Å²) < 4.78 is 6.87. The molecular formula is C16H21N7O. The first-order valence-corrected chi connectivity index (χ1v) is 7.76. The number of methoxy groups -OCH3 is 1. The van der Waals surface area contributed by atoms with Crippen molar-refractivity contribution in [1.82, 2.24) is 24.7 Å². The minimum atomic E-state index is 0.362. The summed E-state index contributed by atoms with van der Waals surface area (Å²) in [6, 6.07) is 3.96. The van der Waals surface area contributed by atoms with E-state index in [-0.39, 0.29) is 0 Å². The predicted octanol–water partition coefficient (Wildman–Crippen LogP) is 1.74. The molecule has 3 heterocycles. The van der Waals surface area contributed by atoms with Gasteiger partial charge in [0, 0.05) is 33.4 Å². The van der Waals surface area contributed by atoms with E-state index in [1.54, 1.807) is 24.2 Å². The molecular weight excluding hydrogens is 306 g/mol. The molecule has 0 atom stereocenters. The van der Waals surface area contributed by atoms with Gasteiger partial charge in [0.2, 0.25) is 0 Å². The molecule has 0 spiro atoms. The molecule has 0 radical (unpaired) electrons. The number of nitrogens with zero attached hydrogens (tertiary/aromatic N) is 5. The van der Waals surface area contributed by atoms with Crippen LogP contribution in [0.15, 0.2) is 24.5 Å². The van der Waals surface area contributed by atoms with E-state index in [0.717, 1.165) is 34.8 Å². The van der Waals surface area contributed by atoms with Crippen LogP contribution in [-0.2, 0) is 18.4 Å². The molecule has 0 aliphatic rings. The fourth-order valence-electron chi connectivity index (χ4n) is 2.43. The van der Waals surface area contributed by atoms with Gasteiger partial charge >= 0.3 is 0 Å². The highest BCUT2D eigenvalue weighted by atomic mass is 16.5. The van der Waals surface area contributed by atoms with Crippen molar-refractivity contribution in [3.63, 3.8) is 0 Å². The average molecular weight is 327 g/mol. The molecule has 0 aliphatic heterocycles. The van der Waals surface area contributed by atoms with Gasteiger partial charge in [0.05, 0.1) is 11.6 Å². The largest absolute Gasteiger partial charge is 0.377 e. The lowest BCUT2D eigenvalue weighted by molar-refractivity contribution is 0.178. The van der Waals surface area contributed by atoms with Gasteiger partial charge in [0.1, 0.15) is 18.2 Å². The lowest BCUT2D eigenvalue weighted by Gasteiger charge is -2.11. The third-order valence-corrected chi connectivity index (χ3v) is 3.63. The molecule has 0 fully saturated rings. The molecule has 0 bridgehead atoms. The molecule has 0 unspecified atom stereocenters. The van der Waals surface area contributed by atoms with E-state index in [1.165, 1.54) is 0 Å². The maximum absolute atomic E-state index is 5.14. The van der Waals surface area contributed by atoms with Gasteiger partial charge < -0.3 is 15.4 Å². The SMILES string of the molecule is COCc1nc(NCCNc2ncccc2C)c2cnn(C)c2n1. The molecule has 24 heavy (non-hydrogen) atoms. The highest BCUT2D eigenvalue weighted by molar-refractivity contribution is 5.86. The summed E-state index contributed by atoms with van der Waals surface area (Å²) in [6.45, 7) is 3.82. The van der Waals surface area contributed by atoms with E-state index in [4.69, 9.17) is 4.74 Å². The molecule has 3 aromatic rings. The smallest absolute Gasteiger partial charge is 0.163 e. The van der Waals surface area contributed by atoms with Crippen molar-refractivity contribution < 1.29 is 4.74 Å². The molecule has 126 valence electrons. The highest BCUT2D eigenvalue weighted by Gasteiger charge is 2.11. The van der Waals surface area contributed by atoms with Crippen LogP contribution in [0.5, 0.6) is 0 Å². The van der Waals surface area contributed by atoms with Crippen LogP contribution in [0.4, 0.5) is 11.6 Å². The molecule has 3 aromatic heterocycles. The van der Waals surface area contributed by atoms with E-state index >= 15 is 0 Å². The summed E-state index contributed by atoms with van der Waals surface area (Å²) in [5.41, 5.74) is 1.91. The van der Waals surface area contributed by atoms with Gasteiger partial charge in [-0.25, -0.2) is 15.0 Å². The van der Waals surface area contributed by atoms with Crippen molar-refractivity contribution in [1.29, 1.82) is 0 Å². The fourth-order valence-corrected chi connectivity index (χ4v) is 2.43. The minimum absolute atomic E-state index is 0.362. The number of fused-ring (bicyclic) bond motifs is 1. The first-order valence-electron chi connectivity index (χ1n) is 7.76. The molecule has 8 nitrogen and oxygen atoms in total. The highest BCUT2D eigenvalue weighted by Crippen LogP contribution is 2.19. The molecule has 8 heteroatoms. The van der Waals surface area contributed by atoms with Crippen molar-refractivity contribution in [2.24, 2.45) is 7.05 Å². The van der Waals surface area contributed by atoms with E-state index in [9.17, 15) is 0 Å². The summed E-state index contributed by atoms with van der Waals surface area (Å²) in [7, 11) is 3.49. The number of nitrogens with one attached hydrogen (secondary N) is 2. The van der Waals surface area contributed by atoms with Crippen LogP contribution in [0.1, 0.15) is 11.4 Å². The monoisotopic (exact) mass is 327 g/mol. The standard InChI is InChI=1S/C16H21N7O/c1-11-5-4-6-17-14(11)18-7-8-19-15-12-9-20-23(2)16(12)22-13(21-15)10-24-3/h4-6,9H,7-8,10H2,1-3H3,(H,17,18)(H,19,21,22). The lowest BCUT2D eigenvalue weighted by Crippen LogP contribution is -2.16. The van der Waals surface area contributed by atoms with Gasteiger partial charge in [-0.1, -0.05) is 6.07 Å². The Hall–Kier alpha value is -2.74. The number of pyridine rings is 1. The van der Waals surface area contributed by atoms with Gasteiger partial charge in [-0.05, 0) is 18.6 Å². The molecule has 0 saturated heterocycles. The lowest BCUT2D eigenvalue weighted by atomic mass is 10.3. The molecule has 0 amide bonds. The third-order valence-electron chi connectivity index (χ3n) is 3.63. The number of hydrogen-bond donors (Lipinski definition) is 2. The fraction of sp³-hybridized carbons (Fsp3) is 0.375. The third kappa shape index (κ3) is 3.43. The molecule has 2 N–H and O–H groups in total. The van der Waals surface area contributed by atoms with Gasteiger partial charge in [0.15, 0.2) is 11.5 Å². The summed E-state index contributed by atoms with van der Waals surface area (Å²) in [5.74, 6) is 2.29.